The van der Waals surface area contributed by atoms with Gasteiger partial charge in [0, 0.05) is 17.8 Å². The predicted octanol–water partition coefficient (Wildman–Crippen LogP) is 2.20. The summed E-state index contributed by atoms with van der Waals surface area (Å²) in [5.74, 6) is 0.208. The third-order valence-corrected chi connectivity index (χ3v) is 5.77. The van der Waals surface area contributed by atoms with E-state index in [1.807, 2.05) is 5.38 Å². The molecule has 6 nitrogen and oxygen atoms in total. The summed E-state index contributed by atoms with van der Waals surface area (Å²) < 4.78 is 27.7. The number of nitrogens with zero attached hydrogens (tertiary/aromatic N) is 2. The number of nitrogens with two attached hydrogens (primary N) is 1. The zero-order valence-electron chi connectivity index (χ0n) is 10.9. The molecule has 0 bridgehead atoms. The molecule has 2 aromatic rings. The third-order valence-electron chi connectivity index (χ3n) is 3.23. The van der Waals surface area contributed by atoms with Gasteiger partial charge in [-0.15, -0.1) is 11.3 Å². The molecule has 0 saturated heterocycles. The Hall–Kier alpha value is -1.22. The van der Waals surface area contributed by atoms with Crippen molar-refractivity contribution in [2.45, 2.75) is 23.8 Å². The maximum atomic E-state index is 12.5. The molecule has 1 aliphatic carbocycles. The topological polar surface area (TPSA) is 98.0 Å². The Labute approximate surface area is 131 Å². The Balaban J connectivity index is 1.93. The van der Waals surface area contributed by atoms with E-state index in [2.05, 4.69) is 14.7 Å². The highest BCUT2D eigenvalue weighted by molar-refractivity contribution is 7.89. The van der Waals surface area contributed by atoms with Gasteiger partial charge in [0.1, 0.15) is 15.7 Å². The maximum Gasteiger partial charge on any atom is 0.244 e. The second kappa shape index (κ2) is 5.53. The summed E-state index contributed by atoms with van der Waals surface area (Å²) in [5, 5.41) is 2.81. The summed E-state index contributed by atoms with van der Waals surface area (Å²) in [6.07, 6.45) is 4.94. The van der Waals surface area contributed by atoms with Crippen LogP contribution in [0.25, 0.3) is 0 Å². The number of anilines is 1. The van der Waals surface area contributed by atoms with Gasteiger partial charge in [-0.3, -0.25) is 0 Å². The van der Waals surface area contributed by atoms with Crippen molar-refractivity contribution in [1.82, 2.24) is 14.7 Å². The average Bonchev–Trinajstić information content (AvgIpc) is 3.13. The van der Waals surface area contributed by atoms with Crippen LogP contribution in [0.15, 0.2) is 28.7 Å². The zero-order chi connectivity index (χ0) is 15.0. The van der Waals surface area contributed by atoms with Gasteiger partial charge in [0.2, 0.25) is 10.0 Å². The number of aromatic nitrogens is 2. The van der Waals surface area contributed by atoms with Crippen LogP contribution in [0.5, 0.6) is 0 Å². The second-order valence-electron chi connectivity index (χ2n) is 4.84. The first-order valence-electron chi connectivity index (χ1n) is 6.30. The fourth-order valence-electron chi connectivity index (χ4n) is 2.04. The van der Waals surface area contributed by atoms with E-state index < -0.39 is 10.0 Å². The number of thiazole rings is 1. The lowest BCUT2D eigenvalue weighted by atomic mass is 10.2. The first kappa shape index (κ1) is 14.7. The molecule has 0 aliphatic heterocycles. The van der Waals surface area contributed by atoms with Gasteiger partial charge in [-0.25, -0.2) is 23.1 Å². The molecular weight excluding hydrogens is 332 g/mol. The molecule has 0 aromatic carbocycles. The van der Waals surface area contributed by atoms with Crippen molar-refractivity contribution < 1.29 is 8.42 Å². The molecule has 112 valence electrons. The Morgan fingerprint density at radius 3 is 2.81 bits per heavy atom. The van der Waals surface area contributed by atoms with Gasteiger partial charge in [0.05, 0.1) is 11.1 Å². The van der Waals surface area contributed by atoms with Crippen LogP contribution in [-0.2, 0) is 10.0 Å². The minimum atomic E-state index is -3.80. The number of rotatable bonds is 5. The summed E-state index contributed by atoms with van der Waals surface area (Å²) in [4.78, 5) is 7.90. The minimum Gasteiger partial charge on any atom is -0.383 e. The molecule has 0 radical (unpaired) electrons. The van der Waals surface area contributed by atoms with Gasteiger partial charge in [0.15, 0.2) is 0 Å². The molecule has 3 N–H and O–H groups in total. The SMILES string of the molecule is Nc1ncc(Cl)cc1S(=O)(=O)N[C@@H](c1nccs1)C1CC1. The normalized spacial score (nSPS) is 16.8. The third kappa shape index (κ3) is 3.18. The number of nitrogens with one attached hydrogen (secondary N) is 1. The van der Waals surface area contributed by atoms with E-state index >= 15 is 0 Å². The minimum absolute atomic E-state index is 0.0689. The van der Waals surface area contributed by atoms with E-state index in [-0.39, 0.29) is 27.7 Å². The van der Waals surface area contributed by atoms with E-state index in [0.29, 0.717) is 0 Å². The van der Waals surface area contributed by atoms with Gasteiger partial charge >= 0.3 is 0 Å². The summed E-state index contributed by atoms with van der Waals surface area (Å²) in [7, 11) is -3.80. The van der Waals surface area contributed by atoms with Crippen LogP contribution in [-0.4, -0.2) is 18.4 Å². The maximum absolute atomic E-state index is 12.5. The standard InChI is InChI=1S/C12H13ClN4O2S2/c13-8-5-9(11(14)16-6-8)21(18,19)17-10(7-1-2-7)12-15-3-4-20-12/h3-7,10,17H,1-2H2,(H2,14,16)/t10-/m1/s1. The Morgan fingerprint density at radius 2 is 2.19 bits per heavy atom. The van der Waals surface area contributed by atoms with E-state index in [4.69, 9.17) is 17.3 Å². The number of pyridine rings is 1. The van der Waals surface area contributed by atoms with Crippen molar-refractivity contribution in [2.75, 3.05) is 5.73 Å². The van der Waals surface area contributed by atoms with E-state index in [1.165, 1.54) is 23.6 Å². The summed E-state index contributed by atoms with van der Waals surface area (Å²) in [5.41, 5.74) is 5.66. The van der Waals surface area contributed by atoms with Crippen LogP contribution in [0.2, 0.25) is 5.02 Å². The zero-order valence-corrected chi connectivity index (χ0v) is 13.2. The quantitative estimate of drug-likeness (QED) is 0.866. The molecule has 1 aliphatic rings. The number of hydrogen-bond donors (Lipinski definition) is 2. The van der Waals surface area contributed by atoms with Crippen LogP contribution in [0.1, 0.15) is 23.9 Å². The second-order valence-corrected chi connectivity index (χ2v) is 7.89. The lowest BCUT2D eigenvalue weighted by molar-refractivity contribution is 0.527. The van der Waals surface area contributed by atoms with Crippen LogP contribution >= 0.6 is 22.9 Å². The fraction of sp³-hybridized carbons (Fsp3) is 0.333. The molecule has 0 spiro atoms. The average molecular weight is 345 g/mol. The van der Waals surface area contributed by atoms with Gasteiger partial charge in [-0.05, 0) is 24.8 Å². The van der Waals surface area contributed by atoms with Gasteiger partial charge < -0.3 is 5.73 Å². The van der Waals surface area contributed by atoms with Crippen LogP contribution < -0.4 is 10.5 Å². The van der Waals surface area contributed by atoms with E-state index in [0.717, 1.165) is 17.8 Å². The molecule has 9 heteroatoms. The van der Waals surface area contributed by atoms with Gasteiger partial charge in [0.25, 0.3) is 0 Å². The lowest BCUT2D eigenvalue weighted by Crippen LogP contribution is -2.30. The summed E-state index contributed by atoms with van der Waals surface area (Å²) in [6, 6.07) is 0.978. The Morgan fingerprint density at radius 1 is 1.43 bits per heavy atom. The predicted molar refractivity (Wildman–Crippen MR) is 81.6 cm³/mol. The largest absolute Gasteiger partial charge is 0.383 e. The van der Waals surface area contributed by atoms with E-state index in [1.54, 1.807) is 6.20 Å². The summed E-state index contributed by atoms with van der Waals surface area (Å²) in [6.45, 7) is 0. The first-order chi connectivity index (χ1) is 9.97. The van der Waals surface area contributed by atoms with Crippen molar-refractivity contribution in [3.8, 4) is 0 Å². The van der Waals surface area contributed by atoms with Crippen molar-refractivity contribution in [2.24, 2.45) is 5.92 Å². The fourth-order valence-corrected chi connectivity index (χ4v) is 4.50. The smallest absolute Gasteiger partial charge is 0.244 e. The highest BCUT2D eigenvalue weighted by atomic mass is 35.5. The highest BCUT2D eigenvalue weighted by Gasteiger charge is 2.37. The number of sulfonamides is 1. The molecule has 1 saturated carbocycles. The molecule has 1 fully saturated rings. The molecule has 0 unspecified atom stereocenters. The molecule has 21 heavy (non-hydrogen) atoms. The van der Waals surface area contributed by atoms with Crippen molar-refractivity contribution in [3.05, 3.63) is 33.9 Å². The molecule has 0 amide bonds. The lowest BCUT2D eigenvalue weighted by Gasteiger charge is -2.16. The molecule has 1 atom stereocenters. The number of halogens is 1. The van der Waals surface area contributed by atoms with Crippen molar-refractivity contribution in [1.29, 1.82) is 0 Å². The first-order valence-corrected chi connectivity index (χ1v) is 9.04. The van der Waals surface area contributed by atoms with Crippen LogP contribution in [0.3, 0.4) is 0 Å². The molecular formula is C12H13ClN4O2S2. The molecule has 2 heterocycles. The van der Waals surface area contributed by atoms with Crippen molar-refractivity contribution in [3.63, 3.8) is 0 Å². The van der Waals surface area contributed by atoms with E-state index in [9.17, 15) is 8.42 Å². The number of nitrogen functional groups attached to an aromatic ring is 1. The summed E-state index contributed by atoms with van der Waals surface area (Å²) >= 11 is 7.24. The highest BCUT2D eigenvalue weighted by Crippen LogP contribution is 2.42. The van der Waals surface area contributed by atoms with Gasteiger partial charge in [-0.1, -0.05) is 11.6 Å². The van der Waals surface area contributed by atoms with Crippen molar-refractivity contribution >= 4 is 38.8 Å². The Kier molecular flexibility index (Phi) is 3.87. The molecule has 2 aromatic heterocycles. The van der Waals surface area contributed by atoms with Gasteiger partial charge in [-0.2, -0.15) is 0 Å². The number of hydrogen-bond acceptors (Lipinski definition) is 6. The Bertz CT molecular complexity index is 745. The van der Waals surface area contributed by atoms with Crippen LogP contribution in [0.4, 0.5) is 5.82 Å². The van der Waals surface area contributed by atoms with Crippen LogP contribution in [0, 0.1) is 5.92 Å². The monoisotopic (exact) mass is 344 g/mol. The molecule has 3 rings (SSSR count).